The molecule has 0 fully saturated rings. The number of nitrogens with one attached hydrogen (secondary N) is 1. The number of hydrogen-bond acceptors (Lipinski definition) is 4. The van der Waals surface area contributed by atoms with E-state index in [1.807, 2.05) is 0 Å². The number of rotatable bonds is 6. The summed E-state index contributed by atoms with van der Waals surface area (Å²) in [6, 6.07) is 0. The van der Waals surface area contributed by atoms with Gasteiger partial charge in [-0.05, 0) is 13.5 Å². The number of hydroxylamine groups is 1. The van der Waals surface area contributed by atoms with Crippen molar-refractivity contribution in [3.05, 3.63) is 12.5 Å². The number of nitrogens with two attached hydrogens (primary N) is 1. The first-order chi connectivity index (χ1) is 5.16. The Morgan fingerprint density at radius 2 is 2.36 bits per heavy atom. The number of ether oxygens (including phenoxy) is 1. The SMILES string of the molecule is C=C(NOCC(N)=O)OCC. The van der Waals surface area contributed by atoms with Crippen LogP contribution in [-0.4, -0.2) is 19.1 Å². The Morgan fingerprint density at radius 1 is 1.73 bits per heavy atom. The van der Waals surface area contributed by atoms with E-state index in [9.17, 15) is 4.79 Å². The maximum absolute atomic E-state index is 10.1. The molecular weight excluding hydrogens is 148 g/mol. The fourth-order valence-electron chi connectivity index (χ4n) is 0.391. The van der Waals surface area contributed by atoms with Gasteiger partial charge in [0.05, 0.1) is 6.61 Å². The van der Waals surface area contributed by atoms with Gasteiger partial charge in [-0.15, -0.1) is 0 Å². The van der Waals surface area contributed by atoms with E-state index in [4.69, 9.17) is 10.5 Å². The Balaban J connectivity index is 3.24. The highest BCUT2D eigenvalue weighted by atomic mass is 16.7. The minimum atomic E-state index is -0.554. The van der Waals surface area contributed by atoms with E-state index in [-0.39, 0.29) is 12.5 Å². The average molecular weight is 160 g/mol. The molecule has 3 N–H and O–H groups in total. The Labute approximate surface area is 65.1 Å². The Morgan fingerprint density at radius 3 is 2.82 bits per heavy atom. The lowest BCUT2D eigenvalue weighted by atomic mass is 10.7. The zero-order valence-electron chi connectivity index (χ0n) is 6.42. The predicted octanol–water partition coefficient (Wildman–Crippen LogP) is -0.499. The Kier molecular flexibility index (Phi) is 4.93. The van der Waals surface area contributed by atoms with Crippen LogP contribution in [0.1, 0.15) is 6.92 Å². The van der Waals surface area contributed by atoms with Gasteiger partial charge in [-0.25, -0.2) is 5.48 Å². The second-order valence-corrected chi connectivity index (χ2v) is 1.71. The summed E-state index contributed by atoms with van der Waals surface area (Å²) in [7, 11) is 0. The standard InChI is InChI=1S/C6H12N2O3/c1-3-10-5(2)8-11-4-6(7)9/h8H,2-4H2,1H3,(H2,7,9). The lowest BCUT2D eigenvalue weighted by Crippen LogP contribution is -2.24. The quantitative estimate of drug-likeness (QED) is 0.406. The van der Waals surface area contributed by atoms with Gasteiger partial charge in [0.15, 0.2) is 6.61 Å². The molecule has 0 aliphatic carbocycles. The van der Waals surface area contributed by atoms with Gasteiger partial charge in [0, 0.05) is 0 Å². The predicted molar refractivity (Wildman–Crippen MR) is 39.0 cm³/mol. The molecule has 0 aromatic heterocycles. The fourth-order valence-corrected chi connectivity index (χ4v) is 0.391. The van der Waals surface area contributed by atoms with Crippen molar-refractivity contribution >= 4 is 5.91 Å². The van der Waals surface area contributed by atoms with Crippen LogP contribution in [0.5, 0.6) is 0 Å². The Bertz CT molecular complexity index is 147. The van der Waals surface area contributed by atoms with Crippen LogP contribution < -0.4 is 11.2 Å². The van der Waals surface area contributed by atoms with Gasteiger partial charge in [0.2, 0.25) is 11.8 Å². The first kappa shape index (κ1) is 9.77. The zero-order valence-corrected chi connectivity index (χ0v) is 6.42. The summed E-state index contributed by atoms with van der Waals surface area (Å²) >= 11 is 0. The third-order valence-corrected chi connectivity index (χ3v) is 0.719. The molecule has 0 saturated heterocycles. The van der Waals surface area contributed by atoms with E-state index < -0.39 is 5.91 Å². The molecule has 64 valence electrons. The molecule has 11 heavy (non-hydrogen) atoms. The van der Waals surface area contributed by atoms with Gasteiger partial charge in [-0.1, -0.05) is 0 Å². The summed E-state index contributed by atoms with van der Waals surface area (Å²) in [5, 5.41) is 0. The number of amides is 1. The molecule has 0 bridgehead atoms. The van der Waals surface area contributed by atoms with E-state index in [2.05, 4.69) is 16.9 Å². The molecule has 0 atom stereocenters. The minimum absolute atomic E-state index is 0.202. The maximum atomic E-state index is 10.1. The van der Waals surface area contributed by atoms with Crippen LogP contribution in [0.2, 0.25) is 0 Å². The second-order valence-electron chi connectivity index (χ2n) is 1.71. The van der Waals surface area contributed by atoms with Crippen molar-refractivity contribution in [2.75, 3.05) is 13.2 Å². The molecule has 0 saturated carbocycles. The van der Waals surface area contributed by atoms with E-state index in [0.717, 1.165) is 0 Å². The van der Waals surface area contributed by atoms with E-state index in [0.29, 0.717) is 6.61 Å². The molecule has 5 heteroatoms. The third kappa shape index (κ3) is 6.66. The first-order valence-electron chi connectivity index (χ1n) is 3.14. The molecule has 5 nitrogen and oxygen atoms in total. The zero-order chi connectivity index (χ0) is 8.69. The molecule has 0 heterocycles. The van der Waals surface area contributed by atoms with Gasteiger partial charge >= 0.3 is 0 Å². The highest BCUT2D eigenvalue weighted by molar-refractivity contribution is 5.74. The number of hydrogen-bond donors (Lipinski definition) is 2. The second kappa shape index (κ2) is 5.55. The van der Waals surface area contributed by atoms with Crippen molar-refractivity contribution in [2.45, 2.75) is 6.92 Å². The van der Waals surface area contributed by atoms with E-state index >= 15 is 0 Å². The summed E-state index contributed by atoms with van der Waals surface area (Å²) < 4.78 is 4.84. The molecule has 0 spiro atoms. The lowest BCUT2D eigenvalue weighted by Gasteiger charge is -2.07. The van der Waals surface area contributed by atoms with Crippen LogP contribution in [0.3, 0.4) is 0 Å². The molecule has 1 amide bonds. The van der Waals surface area contributed by atoms with Crippen molar-refractivity contribution in [2.24, 2.45) is 5.73 Å². The minimum Gasteiger partial charge on any atom is -0.478 e. The van der Waals surface area contributed by atoms with Crippen LogP contribution in [0, 0.1) is 0 Å². The van der Waals surface area contributed by atoms with Crippen molar-refractivity contribution in [3.8, 4) is 0 Å². The van der Waals surface area contributed by atoms with Crippen molar-refractivity contribution in [1.29, 1.82) is 0 Å². The van der Waals surface area contributed by atoms with E-state index in [1.54, 1.807) is 6.92 Å². The van der Waals surface area contributed by atoms with Crippen molar-refractivity contribution in [1.82, 2.24) is 5.48 Å². The molecule has 0 rings (SSSR count). The highest BCUT2D eigenvalue weighted by Gasteiger charge is 1.94. The Hall–Kier alpha value is -1.23. The van der Waals surface area contributed by atoms with Gasteiger partial charge in [0.1, 0.15) is 0 Å². The normalized spacial score (nSPS) is 8.82. The molecule has 0 aliphatic heterocycles. The topological polar surface area (TPSA) is 73.6 Å². The molecule has 0 aromatic rings. The van der Waals surface area contributed by atoms with E-state index in [1.165, 1.54) is 0 Å². The molecule has 0 aliphatic rings. The summed E-state index contributed by atoms with van der Waals surface area (Å²) in [5.41, 5.74) is 7.08. The fraction of sp³-hybridized carbons (Fsp3) is 0.500. The van der Waals surface area contributed by atoms with Crippen LogP contribution in [0.4, 0.5) is 0 Å². The lowest BCUT2D eigenvalue weighted by molar-refractivity contribution is -0.125. The largest absolute Gasteiger partial charge is 0.478 e. The van der Waals surface area contributed by atoms with Crippen LogP contribution >= 0.6 is 0 Å². The number of carbonyl (C=O) groups excluding carboxylic acids is 1. The van der Waals surface area contributed by atoms with Gasteiger partial charge in [0.25, 0.3) is 0 Å². The maximum Gasteiger partial charge on any atom is 0.246 e. The monoisotopic (exact) mass is 160 g/mol. The molecule has 0 unspecified atom stereocenters. The smallest absolute Gasteiger partial charge is 0.246 e. The third-order valence-electron chi connectivity index (χ3n) is 0.719. The molecule has 0 aromatic carbocycles. The van der Waals surface area contributed by atoms with Crippen LogP contribution in [0.15, 0.2) is 12.5 Å². The molecule has 0 radical (unpaired) electrons. The van der Waals surface area contributed by atoms with Gasteiger partial charge < -0.3 is 10.5 Å². The first-order valence-corrected chi connectivity index (χ1v) is 3.14. The molecular formula is C6H12N2O3. The summed E-state index contributed by atoms with van der Waals surface area (Å²) in [5.74, 6) is -0.296. The van der Waals surface area contributed by atoms with Crippen LogP contribution in [0.25, 0.3) is 0 Å². The van der Waals surface area contributed by atoms with Crippen LogP contribution in [-0.2, 0) is 14.4 Å². The number of carbonyl (C=O) groups is 1. The summed E-state index contributed by atoms with van der Waals surface area (Å²) in [4.78, 5) is 14.7. The van der Waals surface area contributed by atoms with Gasteiger partial charge in [-0.2, -0.15) is 0 Å². The summed E-state index contributed by atoms with van der Waals surface area (Å²) in [6.07, 6.45) is 0. The van der Waals surface area contributed by atoms with Crippen molar-refractivity contribution < 1.29 is 14.4 Å². The summed E-state index contributed by atoms with van der Waals surface area (Å²) in [6.45, 7) is 5.53. The number of primary amides is 1. The highest BCUT2D eigenvalue weighted by Crippen LogP contribution is 1.85. The average Bonchev–Trinajstić information content (AvgIpc) is 1.87. The van der Waals surface area contributed by atoms with Crippen molar-refractivity contribution in [3.63, 3.8) is 0 Å². The van der Waals surface area contributed by atoms with Gasteiger partial charge in [-0.3, -0.25) is 9.63 Å².